The van der Waals surface area contributed by atoms with Crippen molar-refractivity contribution in [1.29, 1.82) is 0 Å². The highest BCUT2D eigenvalue weighted by atomic mass is 16.6. The van der Waals surface area contributed by atoms with Gasteiger partial charge in [0.2, 0.25) is 0 Å². The highest BCUT2D eigenvalue weighted by Gasteiger charge is 2.19. The van der Waals surface area contributed by atoms with Gasteiger partial charge in [-0.3, -0.25) is 19.7 Å². The van der Waals surface area contributed by atoms with Crippen molar-refractivity contribution in [3.8, 4) is 0 Å². The molecule has 1 aliphatic rings. The Labute approximate surface area is 155 Å². The number of carbonyl (C=O) groups excluding carboxylic acids is 2. The zero-order chi connectivity index (χ0) is 19.4. The number of rotatable bonds is 4. The lowest BCUT2D eigenvalue weighted by Gasteiger charge is -2.27. The minimum Gasteiger partial charge on any atom is -0.378 e. The number of nitrogens with zero attached hydrogens (tertiary/aromatic N) is 2. The SMILES string of the molecule is Cc1ccc([N+](=O)[O-])cc1C(=O)Nc1cccc(C(=O)N2CCOCC2)c1. The summed E-state index contributed by atoms with van der Waals surface area (Å²) in [6, 6.07) is 10.8. The van der Waals surface area contributed by atoms with Crippen molar-refractivity contribution in [2.24, 2.45) is 0 Å². The van der Waals surface area contributed by atoms with Crippen LogP contribution >= 0.6 is 0 Å². The lowest BCUT2D eigenvalue weighted by atomic mass is 10.1. The maximum atomic E-state index is 12.6. The zero-order valence-electron chi connectivity index (χ0n) is 14.8. The Balaban J connectivity index is 1.78. The van der Waals surface area contributed by atoms with Crippen molar-refractivity contribution in [2.75, 3.05) is 31.6 Å². The van der Waals surface area contributed by atoms with E-state index < -0.39 is 10.8 Å². The summed E-state index contributed by atoms with van der Waals surface area (Å²) in [4.78, 5) is 37.2. The van der Waals surface area contributed by atoms with E-state index in [1.54, 1.807) is 36.1 Å². The molecule has 0 aromatic heterocycles. The van der Waals surface area contributed by atoms with Crippen molar-refractivity contribution >= 4 is 23.2 Å². The molecule has 1 heterocycles. The lowest BCUT2D eigenvalue weighted by molar-refractivity contribution is -0.384. The summed E-state index contributed by atoms with van der Waals surface area (Å²) >= 11 is 0. The zero-order valence-corrected chi connectivity index (χ0v) is 14.8. The summed E-state index contributed by atoms with van der Waals surface area (Å²) in [6.07, 6.45) is 0. The maximum absolute atomic E-state index is 12.6. The number of anilines is 1. The van der Waals surface area contributed by atoms with Gasteiger partial charge in [0.05, 0.1) is 18.1 Å². The number of hydrogen-bond acceptors (Lipinski definition) is 5. The number of ether oxygens (including phenoxy) is 1. The molecule has 3 rings (SSSR count). The lowest BCUT2D eigenvalue weighted by Crippen LogP contribution is -2.40. The number of nitro groups is 1. The Bertz CT molecular complexity index is 891. The summed E-state index contributed by atoms with van der Waals surface area (Å²) < 4.78 is 5.25. The van der Waals surface area contributed by atoms with Crippen molar-refractivity contribution < 1.29 is 19.2 Å². The Morgan fingerprint density at radius 2 is 1.89 bits per heavy atom. The van der Waals surface area contributed by atoms with E-state index in [1.807, 2.05) is 0 Å². The molecule has 1 aliphatic heterocycles. The first-order chi connectivity index (χ1) is 13.0. The molecular weight excluding hydrogens is 350 g/mol. The van der Waals surface area contributed by atoms with Crippen LogP contribution in [0.3, 0.4) is 0 Å². The fourth-order valence-corrected chi connectivity index (χ4v) is 2.85. The van der Waals surface area contributed by atoms with E-state index in [1.165, 1.54) is 18.2 Å². The van der Waals surface area contributed by atoms with Crippen LogP contribution in [0.1, 0.15) is 26.3 Å². The van der Waals surface area contributed by atoms with Gasteiger partial charge in [0.1, 0.15) is 0 Å². The highest BCUT2D eigenvalue weighted by Crippen LogP contribution is 2.20. The second kappa shape index (κ2) is 7.96. The predicted octanol–water partition coefficient (Wildman–Crippen LogP) is 2.63. The summed E-state index contributed by atoms with van der Waals surface area (Å²) in [7, 11) is 0. The Hall–Kier alpha value is -3.26. The molecule has 0 saturated carbocycles. The molecule has 0 aliphatic carbocycles. The highest BCUT2D eigenvalue weighted by molar-refractivity contribution is 6.06. The maximum Gasteiger partial charge on any atom is 0.270 e. The number of benzene rings is 2. The number of morpholine rings is 1. The largest absolute Gasteiger partial charge is 0.378 e. The number of hydrogen-bond donors (Lipinski definition) is 1. The molecule has 2 aromatic carbocycles. The normalized spacial score (nSPS) is 13.9. The first kappa shape index (κ1) is 18.5. The average Bonchev–Trinajstić information content (AvgIpc) is 2.68. The van der Waals surface area contributed by atoms with Crippen molar-refractivity contribution in [1.82, 2.24) is 4.90 Å². The molecule has 0 unspecified atom stereocenters. The van der Waals surface area contributed by atoms with Gasteiger partial charge in [0.25, 0.3) is 17.5 Å². The Morgan fingerprint density at radius 3 is 2.59 bits per heavy atom. The summed E-state index contributed by atoms with van der Waals surface area (Å²) in [5.74, 6) is -0.590. The summed E-state index contributed by atoms with van der Waals surface area (Å²) in [5, 5.41) is 13.6. The van der Waals surface area contributed by atoms with E-state index in [2.05, 4.69) is 5.32 Å². The van der Waals surface area contributed by atoms with Crippen LogP contribution in [-0.2, 0) is 4.74 Å². The third-order valence-electron chi connectivity index (χ3n) is 4.34. The van der Waals surface area contributed by atoms with Crippen molar-refractivity contribution in [3.63, 3.8) is 0 Å². The van der Waals surface area contributed by atoms with Crippen LogP contribution in [0, 0.1) is 17.0 Å². The third-order valence-corrected chi connectivity index (χ3v) is 4.34. The molecular formula is C19H19N3O5. The van der Waals surface area contributed by atoms with Gasteiger partial charge in [-0.05, 0) is 30.7 Å². The minimum absolute atomic E-state index is 0.124. The van der Waals surface area contributed by atoms with Gasteiger partial charge in [-0.15, -0.1) is 0 Å². The van der Waals surface area contributed by atoms with E-state index in [9.17, 15) is 19.7 Å². The molecule has 0 atom stereocenters. The molecule has 2 amide bonds. The fourth-order valence-electron chi connectivity index (χ4n) is 2.85. The van der Waals surface area contributed by atoms with Crippen LogP contribution < -0.4 is 5.32 Å². The fraction of sp³-hybridized carbons (Fsp3) is 0.263. The van der Waals surface area contributed by atoms with E-state index in [0.717, 1.165) is 0 Å². The number of nitrogens with one attached hydrogen (secondary N) is 1. The van der Waals surface area contributed by atoms with Gasteiger partial charge in [-0.2, -0.15) is 0 Å². The monoisotopic (exact) mass is 369 g/mol. The van der Waals surface area contributed by atoms with Crippen LogP contribution in [0.2, 0.25) is 0 Å². The van der Waals surface area contributed by atoms with Crippen LogP contribution in [-0.4, -0.2) is 47.9 Å². The van der Waals surface area contributed by atoms with Gasteiger partial charge in [0, 0.05) is 42.0 Å². The van der Waals surface area contributed by atoms with Gasteiger partial charge >= 0.3 is 0 Å². The van der Waals surface area contributed by atoms with Crippen LogP contribution in [0.15, 0.2) is 42.5 Å². The predicted molar refractivity (Wildman–Crippen MR) is 99.0 cm³/mol. The average molecular weight is 369 g/mol. The second-order valence-corrected chi connectivity index (χ2v) is 6.20. The first-order valence-corrected chi connectivity index (χ1v) is 8.49. The molecule has 8 nitrogen and oxygen atoms in total. The number of carbonyl (C=O) groups is 2. The van der Waals surface area contributed by atoms with Gasteiger partial charge < -0.3 is 15.0 Å². The Kier molecular flexibility index (Phi) is 5.46. The van der Waals surface area contributed by atoms with E-state index in [4.69, 9.17) is 4.74 Å². The van der Waals surface area contributed by atoms with Crippen molar-refractivity contribution in [3.05, 3.63) is 69.3 Å². The van der Waals surface area contributed by atoms with Gasteiger partial charge in [-0.1, -0.05) is 12.1 Å². The number of amides is 2. The molecule has 1 N–H and O–H groups in total. The van der Waals surface area contributed by atoms with Crippen LogP contribution in [0.25, 0.3) is 0 Å². The van der Waals surface area contributed by atoms with E-state index in [0.29, 0.717) is 43.1 Å². The van der Waals surface area contributed by atoms with Crippen LogP contribution in [0.4, 0.5) is 11.4 Å². The third kappa shape index (κ3) is 4.29. The number of non-ortho nitro benzene ring substituents is 1. The summed E-state index contributed by atoms with van der Waals surface area (Å²) in [5.41, 5.74) is 1.60. The number of nitro benzene ring substituents is 1. The molecule has 8 heteroatoms. The molecule has 2 aromatic rings. The van der Waals surface area contributed by atoms with E-state index in [-0.39, 0.29) is 17.2 Å². The van der Waals surface area contributed by atoms with Gasteiger partial charge in [0.15, 0.2) is 0 Å². The molecule has 0 radical (unpaired) electrons. The van der Waals surface area contributed by atoms with Gasteiger partial charge in [-0.25, -0.2) is 0 Å². The van der Waals surface area contributed by atoms with E-state index >= 15 is 0 Å². The molecule has 140 valence electrons. The summed E-state index contributed by atoms with van der Waals surface area (Å²) in [6.45, 7) is 3.78. The molecule has 0 bridgehead atoms. The smallest absolute Gasteiger partial charge is 0.270 e. The van der Waals surface area contributed by atoms with Crippen molar-refractivity contribution in [2.45, 2.75) is 6.92 Å². The van der Waals surface area contributed by atoms with Crippen LogP contribution in [0.5, 0.6) is 0 Å². The topological polar surface area (TPSA) is 102 Å². The molecule has 27 heavy (non-hydrogen) atoms. The second-order valence-electron chi connectivity index (χ2n) is 6.20. The quantitative estimate of drug-likeness (QED) is 0.659. The minimum atomic E-state index is -0.544. The number of aryl methyl sites for hydroxylation is 1. The molecule has 1 fully saturated rings. The Morgan fingerprint density at radius 1 is 1.15 bits per heavy atom. The first-order valence-electron chi connectivity index (χ1n) is 8.49. The molecule has 1 saturated heterocycles. The molecule has 0 spiro atoms. The standard InChI is InChI=1S/C19H19N3O5/c1-13-5-6-16(22(25)26)12-17(13)18(23)20-15-4-2-3-14(11-15)19(24)21-7-9-27-10-8-21/h2-6,11-12H,7-10H2,1H3,(H,20,23).